The second-order valence-corrected chi connectivity index (χ2v) is 3.80. The molecular weight excluding hydrogens is 246 g/mol. The molecule has 1 aromatic carbocycles. The fourth-order valence-electron chi connectivity index (χ4n) is 1.67. The molecule has 0 aliphatic rings. The zero-order valence-corrected chi connectivity index (χ0v) is 10.2. The molecule has 0 saturated heterocycles. The lowest BCUT2D eigenvalue weighted by atomic mass is 10.0. The SMILES string of the molecule is COc1ccccc1C(=O)c1cncc(C(=O)O)c1. The lowest BCUT2D eigenvalue weighted by molar-refractivity contribution is 0.0696. The molecule has 19 heavy (non-hydrogen) atoms. The highest BCUT2D eigenvalue weighted by molar-refractivity contribution is 6.11. The van der Waals surface area contributed by atoms with Crippen LogP contribution in [0.1, 0.15) is 26.3 Å². The Labute approximate surface area is 109 Å². The number of carbonyl (C=O) groups is 2. The molecule has 0 aliphatic heterocycles. The van der Waals surface area contributed by atoms with Crippen molar-refractivity contribution in [2.24, 2.45) is 0 Å². The second kappa shape index (κ2) is 5.30. The van der Waals surface area contributed by atoms with Gasteiger partial charge in [0.1, 0.15) is 5.75 Å². The summed E-state index contributed by atoms with van der Waals surface area (Å²) < 4.78 is 5.11. The molecule has 0 unspecified atom stereocenters. The fourth-order valence-corrected chi connectivity index (χ4v) is 1.67. The van der Waals surface area contributed by atoms with E-state index in [1.807, 2.05) is 0 Å². The first-order valence-corrected chi connectivity index (χ1v) is 5.49. The van der Waals surface area contributed by atoms with Crippen LogP contribution in [0.3, 0.4) is 0 Å². The maximum Gasteiger partial charge on any atom is 0.337 e. The first-order valence-electron chi connectivity index (χ1n) is 5.49. The van der Waals surface area contributed by atoms with Gasteiger partial charge in [0.05, 0.1) is 18.2 Å². The quantitative estimate of drug-likeness (QED) is 0.848. The summed E-state index contributed by atoms with van der Waals surface area (Å²) in [4.78, 5) is 26.9. The lowest BCUT2D eigenvalue weighted by Crippen LogP contribution is -2.06. The van der Waals surface area contributed by atoms with Crippen LogP contribution in [0, 0.1) is 0 Å². The van der Waals surface area contributed by atoms with Gasteiger partial charge in [-0.1, -0.05) is 12.1 Å². The smallest absolute Gasteiger partial charge is 0.337 e. The molecule has 1 heterocycles. The first-order chi connectivity index (χ1) is 9.13. The number of carboxylic acids is 1. The predicted molar refractivity (Wildman–Crippen MR) is 67.6 cm³/mol. The molecule has 2 rings (SSSR count). The standard InChI is InChI=1S/C14H11NO4/c1-19-12-5-3-2-4-11(12)13(16)9-6-10(14(17)18)8-15-7-9/h2-8H,1H3,(H,17,18). The van der Waals surface area contributed by atoms with Gasteiger partial charge >= 0.3 is 5.97 Å². The molecule has 1 N–H and O–H groups in total. The first kappa shape index (κ1) is 12.8. The third-order valence-corrected chi connectivity index (χ3v) is 2.60. The van der Waals surface area contributed by atoms with E-state index in [0.717, 1.165) is 0 Å². The Morgan fingerprint density at radius 1 is 1.16 bits per heavy atom. The monoisotopic (exact) mass is 257 g/mol. The number of aromatic nitrogens is 1. The van der Waals surface area contributed by atoms with Crippen molar-refractivity contribution in [2.75, 3.05) is 7.11 Å². The third-order valence-electron chi connectivity index (χ3n) is 2.60. The molecule has 0 aliphatic carbocycles. The predicted octanol–water partition coefficient (Wildman–Crippen LogP) is 2.02. The van der Waals surface area contributed by atoms with Gasteiger partial charge in [0, 0.05) is 18.0 Å². The van der Waals surface area contributed by atoms with E-state index in [-0.39, 0.29) is 16.9 Å². The summed E-state index contributed by atoms with van der Waals surface area (Å²) >= 11 is 0. The van der Waals surface area contributed by atoms with E-state index in [2.05, 4.69) is 4.98 Å². The van der Waals surface area contributed by atoms with Crippen LogP contribution in [0.4, 0.5) is 0 Å². The normalized spacial score (nSPS) is 9.95. The highest BCUT2D eigenvalue weighted by atomic mass is 16.5. The number of para-hydroxylation sites is 1. The molecule has 0 bridgehead atoms. The number of hydrogen-bond donors (Lipinski definition) is 1. The summed E-state index contributed by atoms with van der Waals surface area (Å²) in [5.74, 6) is -1.01. The lowest BCUT2D eigenvalue weighted by Gasteiger charge is -2.07. The molecule has 96 valence electrons. The minimum atomic E-state index is -1.12. The molecule has 0 fully saturated rings. The molecule has 5 nitrogen and oxygen atoms in total. The topological polar surface area (TPSA) is 76.5 Å². The van der Waals surface area contributed by atoms with Gasteiger partial charge in [-0.05, 0) is 18.2 Å². The zero-order chi connectivity index (χ0) is 13.8. The molecular formula is C14H11NO4. The number of benzene rings is 1. The minimum Gasteiger partial charge on any atom is -0.496 e. The van der Waals surface area contributed by atoms with Gasteiger partial charge in [-0.15, -0.1) is 0 Å². The van der Waals surface area contributed by atoms with E-state index >= 15 is 0 Å². The minimum absolute atomic E-state index is 0.0271. The van der Waals surface area contributed by atoms with Gasteiger partial charge in [0.15, 0.2) is 5.78 Å². The van der Waals surface area contributed by atoms with Gasteiger partial charge in [-0.25, -0.2) is 4.79 Å². The van der Waals surface area contributed by atoms with Crippen molar-refractivity contribution in [2.45, 2.75) is 0 Å². The molecule has 5 heteroatoms. The number of rotatable bonds is 4. The number of carboxylic acid groups (broad SMARTS) is 1. The number of aromatic carboxylic acids is 1. The van der Waals surface area contributed by atoms with Crippen LogP contribution < -0.4 is 4.74 Å². The van der Waals surface area contributed by atoms with Gasteiger partial charge < -0.3 is 9.84 Å². The number of ether oxygens (including phenoxy) is 1. The number of nitrogens with zero attached hydrogens (tertiary/aromatic N) is 1. The maximum atomic E-state index is 12.3. The van der Waals surface area contributed by atoms with E-state index < -0.39 is 5.97 Å². The fraction of sp³-hybridized carbons (Fsp3) is 0.0714. The van der Waals surface area contributed by atoms with Gasteiger partial charge in [-0.3, -0.25) is 9.78 Å². The molecule has 0 radical (unpaired) electrons. The van der Waals surface area contributed by atoms with Crippen molar-refractivity contribution >= 4 is 11.8 Å². The van der Waals surface area contributed by atoms with Crippen LogP contribution in [0.15, 0.2) is 42.7 Å². The Balaban J connectivity index is 2.44. The average Bonchev–Trinajstić information content (AvgIpc) is 2.46. The average molecular weight is 257 g/mol. The number of pyridine rings is 1. The Hall–Kier alpha value is -2.69. The van der Waals surface area contributed by atoms with Gasteiger partial charge in [0.25, 0.3) is 0 Å². The van der Waals surface area contributed by atoms with Crippen LogP contribution in [-0.4, -0.2) is 29.0 Å². The second-order valence-electron chi connectivity index (χ2n) is 3.80. The van der Waals surface area contributed by atoms with Crippen LogP contribution in [0.25, 0.3) is 0 Å². The van der Waals surface area contributed by atoms with Crippen LogP contribution in [0.5, 0.6) is 5.75 Å². The molecule has 0 spiro atoms. The van der Waals surface area contributed by atoms with E-state index in [1.54, 1.807) is 24.3 Å². The largest absolute Gasteiger partial charge is 0.496 e. The summed E-state index contributed by atoms with van der Waals surface area (Å²) in [5.41, 5.74) is 0.555. The number of carbonyl (C=O) groups excluding carboxylic acids is 1. The number of hydrogen-bond acceptors (Lipinski definition) is 4. The Kier molecular flexibility index (Phi) is 3.56. The maximum absolute atomic E-state index is 12.3. The van der Waals surface area contributed by atoms with Crippen molar-refractivity contribution in [3.05, 3.63) is 59.4 Å². The highest BCUT2D eigenvalue weighted by Crippen LogP contribution is 2.21. The summed E-state index contributed by atoms with van der Waals surface area (Å²) in [6.45, 7) is 0. The molecule has 0 saturated carbocycles. The molecule has 1 aromatic heterocycles. The Morgan fingerprint density at radius 3 is 2.53 bits per heavy atom. The van der Waals surface area contributed by atoms with E-state index in [4.69, 9.17) is 9.84 Å². The molecule has 0 amide bonds. The van der Waals surface area contributed by atoms with Crippen molar-refractivity contribution in [3.8, 4) is 5.75 Å². The zero-order valence-electron chi connectivity index (χ0n) is 10.2. The van der Waals surface area contributed by atoms with Crippen molar-refractivity contribution in [1.29, 1.82) is 0 Å². The van der Waals surface area contributed by atoms with Crippen molar-refractivity contribution < 1.29 is 19.4 Å². The Morgan fingerprint density at radius 2 is 1.84 bits per heavy atom. The van der Waals surface area contributed by atoms with E-state index in [0.29, 0.717) is 11.3 Å². The summed E-state index contributed by atoms with van der Waals surface area (Å²) in [7, 11) is 1.47. The summed E-state index contributed by atoms with van der Waals surface area (Å²) in [6, 6.07) is 8.05. The van der Waals surface area contributed by atoms with Crippen LogP contribution >= 0.6 is 0 Å². The number of methoxy groups -OCH3 is 1. The van der Waals surface area contributed by atoms with Crippen molar-refractivity contribution in [1.82, 2.24) is 4.98 Å². The Bertz CT molecular complexity index is 637. The molecule has 0 atom stereocenters. The van der Waals surface area contributed by atoms with Crippen molar-refractivity contribution in [3.63, 3.8) is 0 Å². The van der Waals surface area contributed by atoms with Crippen LogP contribution in [0.2, 0.25) is 0 Å². The summed E-state index contributed by atoms with van der Waals surface area (Å²) in [6.07, 6.45) is 2.53. The molecule has 2 aromatic rings. The van der Waals surface area contributed by atoms with Gasteiger partial charge in [0.2, 0.25) is 0 Å². The summed E-state index contributed by atoms with van der Waals surface area (Å²) in [5, 5.41) is 8.89. The highest BCUT2D eigenvalue weighted by Gasteiger charge is 2.15. The van der Waals surface area contributed by atoms with E-state index in [9.17, 15) is 9.59 Å². The number of ketones is 1. The third kappa shape index (κ3) is 2.60. The van der Waals surface area contributed by atoms with Crippen LogP contribution in [-0.2, 0) is 0 Å². The van der Waals surface area contributed by atoms with Gasteiger partial charge in [-0.2, -0.15) is 0 Å². The van der Waals surface area contributed by atoms with E-state index in [1.165, 1.54) is 25.6 Å².